The van der Waals surface area contributed by atoms with E-state index in [1.165, 1.54) is 0 Å². The van der Waals surface area contributed by atoms with Gasteiger partial charge in [0.2, 0.25) is 0 Å². The van der Waals surface area contributed by atoms with E-state index in [4.69, 9.17) is 5.73 Å². The minimum absolute atomic E-state index is 0.0733. The van der Waals surface area contributed by atoms with Crippen molar-refractivity contribution < 1.29 is 4.79 Å². The van der Waals surface area contributed by atoms with Gasteiger partial charge in [-0.3, -0.25) is 9.78 Å². The zero-order valence-electron chi connectivity index (χ0n) is 11.2. The number of carbonyl (C=O) groups is 1. The number of nitrogens with one attached hydrogen (secondary N) is 1. The van der Waals surface area contributed by atoms with Crippen LogP contribution in [0.5, 0.6) is 0 Å². The fourth-order valence-corrected chi connectivity index (χ4v) is 2.01. The van der Waals surface area contributed by atoms with Crippen LogP contribution in [0.4, 0.5) is 0 Å². The molecule has 1 atom stereocenters. The molecule has 19 heavy (non-hydrogen) atoms. The molecule has 0 radical (unpaired) electrons. The smallest absolute Gasteiger partial charge is 0.255 e. The molecule has 1 amide bonds. The van der Waals surface area contributed by atoms with Crippen LogP contribution in [0.1, 0.15) is 30.6 Å². The molecule has 102 valence electrons. The minimum Gasteiger partial charge on any atom is -0.349 e. The highest BCUT2D eigenvalue weighted by Gasteiger charge is 2.19. The molecule has 0 aliphatic carbocycles. The van der Waals surface area contributed by atoms with Crippen molar-refractivity contribution in [2.45, 2.75) is 26.3 Å². The lowest BCUT2D eigenvalue weighted by molar-refractivity contribution is 0.0925. The van der Waals surface area contributed by atoms with E-state index in [-0.39, 0.29) is 11.9 Å². The van der Waals surface area contributed by atoms with Crippen LogP contribution in [0, 0.1) is 5.92 Å². The molecule has 0 saturated heterocycles. The summed E-state index contributed by atoms with van der Waals surface area (Å²) in [4.78, 5) is 16.3. The Kier molecular flexibility index (Phi) is 4.11. The van der Waals surface area contributed by atoms with Crippen LogP contribution in [-0.2, 0) is 0 Å². The average Bonchev–Trinajstić information content (AvgIpc) is 2.81. The van der Waals surface area contributed by atoms with Gasteiger partial charge in [0, 0.05) is 18.4 Å². The summed E-state index contributed by atoms with van der Waals surface area (Å²) in [6, 6.07) is 0.0733. The molecular formula is C13H19N5O. The molecule has 3 N–H and O–H groups in total. The maximum absolute atomic E-state index is 12.3. The van der Waals surface area contributed by atoms with Gasteiger partial charge >= 0.3 is 0 Å². The number of rotatable bonds is 5. The summed E-state index contributed by atoms with van der Waals surface area (Å²) in [6.07, 6.45) is 7.31. The van der Waals surface area contributed by atoms with Crippen LogP contribution in [0.2, 0.25) is 0 Å². The van der Waals surface area contributed by atoms with Crippen molar-refractivity contribution in [3.63, 3.8) is 0 Å². The molecule has 6 nitrogen and oxygen atoms in total. The summed E-state index contributed by atoms with van der Waals surface area (Å²) < 4.78 is 1.63. The van der Waals surface area contributed by atoms with Crippen molar-refractivity contribution >= 4 is 11.4 Å². The van der Waals surface area contributed by atoms with E-state index in [9.17, 15) is 4.79 Å². The summed E-state index contributed by atoms with van der Waals surface area (Å²) in [6.45, 7) is 4.69. The van der Waals surface area contributed by atoms with Gasteiger partial charge in [0.25, 0.3) is 5.91 Å². The Hall–Kier alpha value is -1.95. The van der Waals surface area contributed by atoms with Crippen molar-refractivity contribution in [2.75, 3.05) is 6.54 Å². The molecule has 0 bridgehead atoms. The Bertz CT molecular complexity index is 563. The van der Waals surface area contributed by atoms with Crippen molar-refractivity contribution in [1.29, 1.82) is 0 Å². The van der Waals surface area contributed by atoms with E-state index in [0.29, 0.717) is 23.5 Å². The van der Waals surface area contributed by atoms with Gasteiger partial charge in [0.1, 0.15) is 0 Å². The number of hydrogen-bond donors (Lipinski definition) is 2. The summed E-state index contributed by atoms with van der Waals surface area (Å²) in [5.41, 5.74) is 6.82. The Morgan fingerprint density at radius 2 is 2.26 bits per heavy atom. The monoisotopic (exact) mass is 261 g/mol. The van der Waals surface area contributed by atoms with Gasteiger partial charge in [-0.05, 0) is 18.9 Å². The highest BCUT2D eigenvalue weighted by Crippen LogP contribution is 2.11. The molecular weight excluding hydrogens is 242 g/mol. The molecule has 0 fully saturated rings. The highest BCUT2D eigenvalue weighted by atomic mass is 16.1. The van der Waals surface area contributed by atoms with Gasteiger partial charge in [-0.1, -0.05) is 13.8 Å². The summed E-state index contributed by atoms with van der Waals surface area (Å²) in [5, 5.41) is 7.14. The number of carbonyl (C=O) groups excluding carboxylic acids is 1. The first-order valence-corrected chi connectivity index (χ1v) is 6.41. The van der Waals surface area contributed by atoms with E-state index < -0.39 is 0 Å². The molecule has 2 aromatic rings. The van der Waals surface area contributed by atoms with Gasteiger partial charge in [-0.2, -0.15) is 5.10 Å². The van der Waals surface area contributed by atoms with Crippen molar-refractivity contribution in [3.8, 4) is 0 Å². The Morgan fingerprint density at radius 1 is 1.47 bits per heavy atom. The molecule has 0 saturated carbocycles. The van der Waals surface area contributed by atoms with Crippen LogP contribution in [0.15, 0.2) is 24.8 Å². The van der Waals surface area contributed by atoms with E-state index in [1.807, 2.05) is 0 Å². The molecule has 2 rings (SSSR count). The third-order valence-electron chi connectivity index (χ3n) is 3.17. The lowest BCUT2D eigenvalue weighted by Crippen LogP contribution is -2.39. The molecule has 1 unspecified atom stereocenters. The van der Waals surface area contributed by atoms with Crippen LogP contribution in [0.25, 0.3) is 5.52 Å². The number of hydrogen-bond acceptors (Lipinski definition) is 4. The number of nitrogens with two attached hydrogens (primary N) is 1. The van der Waals surface area contributed by atoms with E-state index in [0.717, 1.165) is 6.42 Å². The average molecular weight is 261 g/mol. The minimum atomic E-state index is -0.129. The van der Waals surface area contributed by atoms with Gasteiger partial charge < -0.3 is 11.1 Å². The SMILES string of the molecule is CC(C)C(CCN)NC(=O)c1cnn2ccncc12. The molecule has 0 aliphatic rings. The summed E-state index contributed by atoms with van der Waals surface area (Å²) >= 11 is 0. The third kappa shape index (κ3) is 2.90. The topological polar surface area (TPSA) is 85.3 Å². The van der Waals surface area contributed by atoms with Gasteiger partial charge in [0.15, 0.2) is 0 Å². The first-order chi connectivity index (χ1) is 9.13. The van der Waals surface area contributed by atoms with Crippen LogP contribution in [-0.4, -0.2) is 33.1 Å². The molecule has 2 heterocycles. The molecule has 0 aromatic carbocycles. The zero-order valence-corrected chi connectivity index (χ0v) is 11.2. The van der Waals surface area contributed by atoms with Crippen molar-refractivity contribution in [2.24, 2.45) is 11.7 Å². The summed E-state index contributed by atoms with van der Waals surface area (Å²) in [7, 11) is 0. The first kappa shape index (κ1) is 13.5. The highest BCUT2D eigenvalue weighted by molar-refractivity contribution is 6.00. The molecule has 2 aromatic heterocycles. The summed E-state index contributed by atoms with van der Waals surface area (Å²) in [5.74, 6) is 0.211. The predicted molar refractivity (Wildman–Crippen MR) is 72.8 cm³/mol. The second-order valence-corrected chi connectivity index (χ2v) is 4.87. The van der Waals surface area contributed by atoms with Crippen LogP contribution in [0.3, 0.4) is 0 Å². The van der Waals surface area contributed by atoms with Crippen molar-refractivity contribution in [1.82, 2.24) is 19.9 Å². The third-order valence-corrected chi connectivity index (χ3v) is 3.17. The molecule has 6 heteroatoms. The maximum Gasteiger partial charge on any atom is 0.255 e. The van der Waals surface area contributed by atoms with E-state index >= 15 is 0 Å². The quantitative estimate of drug-likeness (QED) is 0.835. The lowest BCUT2D eigenvalue weighted by Gasteiger charge is -2.21. The molecule has 0 aliphatic heterocycles. The number of fused-ring (bicyclic) bond motifs is 1. The fraction of sp³-hybridized carbons (Fsp3) is 0.462. The van der Waals surface area contributed by atoms with Crippen LogP contribution >= 0.6 is 0 Å². The Balaban J connectivity index is 2.19. The standard InChI is InChI=1S/C13H19N5O/c1-9(2)11(3-4-14)17-13(19)10-7-16-18-6-5-15-8-12(10)18/h5-9,11H,3-4,14H2,1-2H3,(H,17,19). The second-order valence-electron chi connectivity index (χ2n) is 4.87. The second kappa shape index (κ2) is 5.79. The number of aromatic nitrogens is 3. The van der Waals surface area contributed by atoms with E-state index in [2.05, 4.69) is 29.2 Å². The van der Waals surface area contributed by atoms with Crippen LogP contribution < -0.4 is 11.1 Å². The van der Waals surface area contributed by atoms with Crippen molar-refractivity contribution in [3.05, 3.63) is 30.4 Å². The lowest BCUT2D eigenvalue weighted by atomic mass is 10.0. The normalized spacial score (nSPS) is 12.8. The maximum atomic E-state index is 12.3. The fourth-order valence-electron chi connectivity index (χ4n) is 2.01. The number of amides is 1. The first-order valence-electron chi connectivity index (χ1n) is 6.41. The Morgan fingerprint density at radius 3 is 2.95 bits per heavy atom. The predicted octanol–water partition coefficient (Wildman–Crippen LogP) is 0.833. The van der Waals surface area contributed by atoms with Gasteiger partial charge in [0.05, 0.1) is 23.5 Å². The van der Waals surface area contributed by atoms with Gasteiger partial charge in [-0.15, -0.1) is 0 Å². The Labute approximate surface area is 112 Å². The van der Waals surface area contributed by atoms with Gasteiger partial charge in [-0.25, -0.2) is 4.52 Å². The zero-order chi connectivity index (χ0) is 13.8. The number of nitrogens with zero attached hydrogens (tertiary/aromatic N) is 3. The van der Waals surface area contributed by atoms with E-state index in [1.54, 1.807) is 29.3 Å². The largest absolute Gasteiger partial charge is 0.349 e. The molecule has 0 spiro atoms.